The normalized spacial score (nSPS) is 11.0. The van der Waals surface area contributed by atoms with Gasteiger partial charge in [0.2, 0.25) is 0 Å². The number of carbonyl (C=O) groups is 1. The van der Waals surface area contributed by atoms with E-state index in [1.54, 1.807) is 19.4 Å². The monoisotopic (exact) mass is 393 g/mol. The van der Waals surface area contributed by atoms with Crippen molar-refractivity contribution < 1.29 is 13.9 Å². The van der Waals surface area contributed by atoms with Crippen LogP contribution in [0.3, 0.4) is 0 Å². The van der Waals surface area contributed by atoms with Crippen molar-refractivity contribution in [2.45, 2.75) is 20.4 Å². The van der Waals surface area contributed by atoms with Gasteiger partial charge in [0.1, 0.15) is 10.6 Å². The van der Waals surface area contributed by atoms with Crippen LogP contribution < -0.4 is 10.1 Å². The number of aryl methyl sites for hydroxylation is 2. The van der Waals surface area contributed by atoms with E-state index in [2.05, 4.69) is 15.3 Å². The quantitative estimate of drug-likeness (QED) is 0.540. The number of fused-ring (bicyclic) bond motifs is 1. The summed E-state index contributed by atoms with van der Waals surface area (Å²) in [6, 6.07) is 11.2. The Bertz CT molecular complexity index is 1130. The molecule has 0 saturated heterocycles. The minimum atomic E-state index is -0.115. The van der Waals surface area contributed by atoms with Crippen LogP contribution in [0.15, 0.2) is 47.1 Å². The highest BCUT2D eigenvalue weighted by molar-refractivity contribution is 7.20. The summed E-state index contributed by atoms with van der Waals surface area (Å²) in [6.07, 6.45) is 1.59. The fraction of sp³-hybridized carbons (Fsp3) is 0.190. The number of nitrogens with one attached hydrogen (secondary N) is 1. The van der Waals surface area contributed by atoms with Crippen molar-refractivity contribution in [3.8, 4) is 17.3 Å². The number of hydrogen-bond donors (Lipinski definition) is 1. The van der Waals surface area contributed by atoms with E-state index in [1.165, 1.54) is 11.3 Å². The maximum Gasteiger partial charge on any atom is 0.261 e. The third kappa shape index (κ3) is 3.36. The summed E-state index contributed by atoms with van der Waals surface area (Å²) in [5, 5.41) is 3.91. The summed E-state index contributed by atoms with van der Waals surface area (Å²) in [4.78, 5) is 23.3. The molecule has 0 atom stereocenters. The summed E-state index contributed by atoms with van der Waals surface area (Å²) in [7, 11) is 1.63. The van der Waals surface area contributed by atoms with Crippen LogP contribution in [0.2, 0.25) is 0 Å². The molecule has 3 heterocycles. The predicted octanol–water partition coefficient (Wildman–Crippen LogP) is 4.51. The Morgan fingerprint density at radius 2 is 1.96 bits per heavy atom. The zero-order chi connectivity index (χ0) is 19.7. The molecule has 28 heavy (non-hydrogen) atoms. The molecule has 0 radical (unpaired) electrons. The second-order valence-electron chi connectivity index (χ2n) is 6.38. The Labute approximate surface area is 166 Å². The van der Waals surface area contributed by atoms with E-state index >= 15 is 0 Å². The van der Waals surface area contributed by atoms with Crippen LogP contribution in [0.25, 0.3) is 21.8 Å². The molecule has 0 spiro atoms. The molecule has 7 heteroatoms. The van der Waals surface area contributed by atoms with Gasteiger partial charge in [0, 0.05) is 11.9 Å². The van der Waals surface area contributed by atoms with Gasteiger partial charge in [-0.15, -0.1) is 11.3 Å². The molecule has 1 aromatic carbocycles. The van der Waals surface area contributed by atoms with Crippen LogP contribution in [0.1, 0.15) is 26.5 Å². The lowest BCUT2D eigenvalue weighted by molar-refractivity contribution is 0.0954. The van der Waals surface area contributed by atoms with Gasteiger partial charge < -0.3 is 14.5 Å². The first-order chi connectivity index (χ1) is 13.6. The SMILES string of the molecule is COc1ccc(CNC(=O)c2sc3nc(-c4ccco4)nc(C)c3c2C)cc1. The Hall–Kier alpha value is -3.19. The van der Waals surface area contributed by atoms with E-state index in [4.69, 9.17) is 9.15 Å². The lowest BCUT2D eigenvalue weighted by atomic mass is 10.1. The van der Waals surface area contributed by atoms with Crippen molar-refractivity contribution in [2.24, 2.45) is 0 Å². The first kappa shape index (κ1) is 18.2. The summed E-state index contributed by atoms with van der Waals surface area (Å²) in [5.41, 5.74) is 2.74. The van der Waals surface area contributed by atoms with Gasteiger partial charge in [0.05, 0.1) is 23.9 Å². The van der Waals surface area contributed by atoms with Crippen LogP contribution >= 0.6 is 11.3 Å². The fourth-order valence-electron chi connectivity index (χ4n) is 3.08. The van der Waals surface area contributed by atoms with Gasteiger partial charge in [0.15, 0.2) is 11.6 Å². The molecular formula is C21H19N3O3S. The van der Waals surface area contributed by atoms with E-state index in [1.807, 2.05) is 44.2 Å². The van der Waals surface area contributed by atoms with Crippen molar-refractivity contribution in [2.75, 3.05) is 7.11 Å². The lowest BCUT2D eigenvalue weighted by Gasteiger charge is -2.06. The molecule has 0 aliphatic carbocycles. The van der Waals surface area contributed by atoms with E-state index < -0.39 is 0 Å². The second kappa shape index (κ2) is 7.44. The lowest BCUT2D eigenvalue weighted by Crippen LogP contribution is -2.22. The van der Waals surface area contributed by atoms with Crippen molar-refractivity contribution in [3.63, 3.8) is 0 Å². The number of thiophene rings is 1. The van der Waals surface area contributed by atoms with Gasteiger partial charge in [-0.2, -0.15) is 0 Å². The Balaban J connectivity index is 1.59. The van der Waals surface area contributed by atoms with Crippen LogP contribution in [0, 0.1) is 13.8 Å². The van der Waals surface area contributed by atoms with Crippen molar-refractivity contribution in [3.05, 3.63) is 64.4 Å². The summed E-state index contributed by atoms with van der Waals surface area (Å²) >= 11 is 1.37. The maximum atomic E-state index is 12.8. The third-order valence-electron chi connectivity index (χ3n) is 4.53. The minimum Gasteiger partial charge on any atom is -0.497 e. The molecule has 4 rings (SSSR count). The zero-order valence-corrected chi connectivity index (χ0v) is 16.6. The molecule has 0 saturated carbocycles. The smallest absolute Gasteiger partial charge is 0.261 e. The molecule has 1 N–H and O–H groups in total. The molecule has 142 valence electrons. The Kier molecular flexibility index (Phi) is 4.83. The summed E-state index contributed by atoms with van der Waals surface area (Å²) in [5.74, 6) is 1.81. The van der Waals surface area contributed by atoms with Gasteiger partial charge in [-0.05, 0) is 49.2 Å². The number of benzene rings is 1. The van der Waals surface area contributed by atoms with Crippen molar-refractivity contribution in [1.29, 1.82) is 0 Å². The molecule has 1 amide bonds. The van der Waals surface area contributed by atoms with Crippen molar-refractivity contribution >= 4 is 27.5 Å². The van der Waals surface area contributed by atoms with E-state index in [9.17, 15) is 4.79 Å². The molecule has 0 fully saturated rings. The highest BCUT2D eigenvalue weighted by Crippen LogP contribution is 2.33. The standard InChI is InChI=1S/C21H19N3O3S/c1-12-17-13(2)23-19(16-5-4-10-27-16)24-21(17)28-18(12)20(25)22-11-14-6-8-15(26-3)9-7-14/h4-10H,11H2,1-3H3,(H,22,25). The number of rotatable bonds is 5. The average Bonchev–Trinajstić information content (AvgIpc) is 3.35. The number of nitrogens with zero attached hydrogens (tertiary/aromatic N) is 2. The first-order valence-electron chi connectivity index (χ1n) is 8.79. The first-order valence-corrected chi connectivity index (χ1v) is 9.61. The molecule has 4 aromatic rings. The molecule has 0 aliphatic heterocycles. The number of ether oxygens (including phenoxy) is 1. The topological polar surface area (TPSA) is 77.2 Å². The van der Waals surface area contributed by atoms with Gasteiger partial charge in [-0.3, -0.25) is 4.79 Å². The summed E-state index contributed by atoms with van der Waals surface area (Å²) in [6.45, 7) is 4.30. The second-order valence-corrected chi connectivity index (χ2v) is 7.38. The average molecular weight is 393 g/mol. The molecule has 6 nitrogen and oxygen atoms in total. The molecule has 0 bridgehead atoms. The molecular weight excluding hydrogens is 374 g/mol. The largest absolute Gasteiger partial charge is 0.497 e. The van der Waals surface area contributed by atoms with Gasteiger partial charge in [-0.25, -0.2) is 9.97 Å². The van der Waals surface area contributed by atoms with Gasteiger partial charge in [0.25, 0.3) is 5.91 Å². The highest BCUT2D eigenvalue weighted by Gasteiger charge is 2.20. The van der Waals surface area contributed by atoms with Crippen molar-refractivity contribution in [1.82, 2.24) is 15.3 Å². The predicted molar refractivity (Wildman–Crippen MR) is 109 cm³/mol. The van der Waals surface area contributed by atoms with E-state index in [0.717, 1.165) is 32.8 Å². The van der Waals surface area contributed by atoms with Gasteiger partial charge >= 0.3 is 0 Å². The fourth-order valence-corrected chi connectivity index (χ4v) is 4.23. The molecule has 0 unspecified atom stereocenters. The number of furan rings is 1. The van der Waals surface area contributed by atoms with Crippen LogP contribution in [-0.4, -0.2) is 23.0 Å². The Morgan fingerprint density at radius 3 is 2.64 bits per heavy atom. The highest BCUT2D eigenvalue weighted by atomic mass is 32.1. The van der Waals surface area contributed by atoms with Crippen LogP contribution in [-0.2, 0) is 6.54 Å². The molecule has 0 aliphatic rings. The zero-order valence-electron chi connectivity index (χ0n) is 15.8. The maximum absolute atomic E-state index is 12.8. The Morgan fingerprint density at radius 1 is 1.18 bits per heavy atom. The van der Waals surface area contributed by atoms with Crippen LogP contribution in [0.5, 0.6) is 5.75 Å². The number of hydrogen-bond acceptors (Lipinski definition) is 6. The number of aromatic nitrogens is 2. The minimum absolute atomic E-state index is 0.115. The molecule has 3 aromatic heterocycles. The van der Waals surface area contributed by atoms with E-state index in [0.29, 0.717) is 23.0 Å². The van der Waals surface area contributed by atoms with E-state index in [-0.39, 0.29) is 5.91 Å². The van der Waals surface area contributed by atoms with Gasteiger partial charge in [-0.1, -0.05) is 12.1 Å². The summed E-state index contributed by atoms with van der Waals surface area (Å²) < 4.78 is 10.6. The van der Waals surface area contributed by atoms with Crippen LogP contribution in [0.4, 0.5) is 0 Å². The number of carbonyl (C=O) groups excluding carboxylic acids is 1. The third-order valence-corrected chi connectivity index (χ3v) is 5.72. The number of methoxy groups -OCH3 is 1. The number of amides is 1.